The lowest BCUT2D eigenvalue weighted by Gasteiger charge is -2.06. The van der Waals surface area contributed by atoms with Crippen molar-refractivity contribution < 1.29 is 0 Å². The van der Waals surface area contributed by atoms with Crippen LogP contribution < -0.4 is 0 Å². The summed E-state index contributed by atoms with van der Waals surface area (Å²) in [4.78, 5) is 0. The van der Waals surface area contributed by atoms with Gasteiger partial charge in [-0.25, -0.2) is 0 Å². The van der Waals surface area contributed by atoms with Crippen molar-refractivity contribution in [3.8, 4) is 0 Å². The molecule has 0 bridgehead atoms. The molecule has 12 heavy (non-hydrogen) atoms. The van der Waals surface area contributed by atoms with Gasteiger partial charge in [0.2, 0.25) is 0 Å². The Labute approximate surface area is 88.3 Å². The SMILES string of the molecule is CCC(S)CCCCCCCS. The summed E-state index contributed by atoms with van der Waals surface area (Å²) >= 11 is 8.64. The van der Waals surface area contributed by atoms with Crippen molar-refractivity contribution >= 4 is 25.3 Å². The molecule has 0 rings (SSSR count). The number of thiol groups is 2. The molecule has 0 radical (unpaired) electrons. The third-order valence-electron chi connectivity index (χ3n) is 2.17. The first-order valence-corrected chi connectivity index (χ1v) is 6.25. The van der Waals surface area contributed by atoms with Crippen molar-refractivity contribution in [2.24, 2.45) is 0 Å². The van der Waals surface area contributed by atoms with Crippen LogP contribution in [0.1, 0.15) is 51.9 Å². The van der Waals surface area contributed by atoms with Crippen molar-refractivity contribution in [2.75, 3.05) is 5.75 Å². The lowest BCUT2D eigenvalue weighted by atomic mass is 10.1. The molecule has 0 aliphatic heterocycles. The molecule has 0 amide bonds. The zero-order valence-corrected chi connectivity index (χ0v) is 9.92. The summed E-state index contributed by atoms with van der Waals surface area (Å²) in [6.45, 7) is 2.21. The van der Waals surface area contributed by atoms with E-state index in [0.717, 1.165) is 5.75 Å². The van der Waals surface area contributed by atoms with Crippen LogP contribution in [0, 0.1) is 0 Å². The fourth-order valence-electron chi connectivity index (χ4n) is 1.23. The van der Waals surface area contributed by atoms with Gasteiger partial charge in [0.15, 0.2) is 0 Å². The van der Waals surface area contributed by atoms with Gasteiger partial charge in [0, 0.05) is 5.25 Å². The third kappa shape index (κ3) is 8.79. The van der Waals surface area contributed by atoms with Gasteiger partial charge in [0.1, 0.15) is 0 Å². The minimum atomic E-state index is 0.634. The second-order valence-corrected chi connectivity index (χ2v) is 4.52. The van der Waals surface area contributed by atoms with E-state index < -0.39 is 0 Å². The molecular formula is C10H22S2. The molecule has 0 aromatic rings. The second-order valence-electron chi connectivity index (χ2n) is 3.34. The molecule has 0 saturated heterocycles. The van der Waals surface area contributed by atoms with E-state index in [9.17, 15) is 0 Å². The van der Waals surface area contributed by atoms with Crippen LogP contribution in [0.15, 0.2) is 0 Å². The van der Waals surface area contributed by atoms with E-state index in [-0.39, 0.29) is 0 Å². The minimum Gasteiger partial charge on any atom is -0.179 e. The Balaban J connectivity index is 2.90. The highest BCUT2D eigenvalue weighted by Gasteiger charge is 1.98. The van der Waals surface area contributed by atoms with Gasteiger partial charge >= 0.3 is 0 Å². The minimum absolute atomic E-state index is 0.634. The monoisotopic (exact) mass is 206 g/mol. The lowest BCUT2D eigenvalue weighted by molar-refractivity contribution is 0.595. The summed E-state index contributed by atoms with van der Waals surface area (Å²) < 4.78 is 0. The van der Waals surface area contributed by atoms with Crippen LogP contribution in [0.2, 0.25) is 0 Å². The van der Waals surface area contributed by atoms with Gasteiger partial charge < -0.3 is 0 Å². The van der Waals surface area contributed by atoms with Crippen LogP contribution in [0.4, 0.5) is 0 Å². The van der Waals surface area contributed by atoms with Gasteiger partial charge in [-0.2, -0.15) is 25.3 Å². The summed E-state index contributed by atoms with van der Waals surface area (Å²) in [6, 6.07) is 0. The molecule has 0 aliphatic rings. The highest BCUT2D eigenvalue weighted by atomic mass is 32.1. The van der Waals surface area contributed by atoms with Gasteiger partial charge in [-0.05, 0) is 25.0 Å². The van der Waals surface area contributed by atoms with Crippen molar-refractivity contribution in [1.29, 1.82) is 0 Å². The van der Waals surface area contributed by atoms with Gasteiger partial charge in [-0.3, -0.25) is 0 Å². The highest BCUT2D eigenvalue weighted by Crippen LogP contribution is 2.12. The number of rotatable bonds is 8. The zero-order chi connectivity index (χ0) is 9.23. The average Bonchev–Trinajstić information content (AvgIpc) is 2.10. The van der Waals surface area contributed by atoms with Crippen molar-refractivity contribution in [1.82, 2.24) is 0 Å². The summed E-state index contributed by atoms with van der Waals surface area (Å²) in [5.74, 6) is 1.05. The standard InChI is InChI=1S/C10H22S2/c1-2-10(12)8-6-4-3-5-7-9-11/h10-12H,2-9H2,1H3. The van der Waals surface area contributed by atoms with Crippen molar-refractivity contribution in [3.63, 3.8) is 0 Å². The fraction of sp³-hybridized carbons (Fsp3) is 1.00. The normalized spacial score (nSPS) is 13.2. The van der Waals surface area contributed by atoms with E-state index in [4.69, 9.17) is 0 Å². The summed E-state index contributed by atoms with van der Waals surface area (Å²) in [7, 11) is 0. The zero-order valence-electron chi connectivity index (χ0n) is 8.13. The van der Waals surface area contributed by atoms with E-state index in [1.165, 1.54) is 44.9 Å². The van der Waals surface area contributed by atoms with Crippen LogP contribution in [0.5, 0.6) is 0 Å². The van der Waals surface area contributed by atoms with E-state index >= 15 is 0 Å². The molecule has 0 nitrogen and oxygen atoms in total. The molecule has 0 spiro atoms. The largest absolute Gasteiger partial charge is 0.179 e. The van der Waals surface area contributed by atoms with Crippen molar-refractivity contribution in [2.45, 2.75) is 57.1 Å². The van der Waals surface area contributed by atoms with Gasteiger partial charge in [-0.15, -0.1) is 0 Å². The summed E-state index contributed by atoms with van der Waals surface area (Å²) in [5.41, 5.74) is 0. The van der Waals surface area contributed by atoms with E-state index in [1.807, 2.05) is 0 Å². The Morgan fingerprint density at radius 3 is 2.17 bits per heavy atom. The molecule has 0 fully saturated rings. The molecule has 0 aliphatic carbocycles. The molecule has 0 heterocycles. The highest BCUT2D eigenvalue weighted by molar-refractivity contribution is 7.81. The Hall–Kier alpha value is 0.700. The quantitative estimate of drug-likeness (QED) is 0.436. The Kier molecular flexibility index (Phi) is 10.4. The average molecular weight is 206 g/mol. The molecule has 0 saturated carbocycles. The van der Waals surface area contributed by atoms with Crippen LogP contribution >= 0.6 is 25.3 Å². The fourth-order valence-corrected chi connectivity index (χ4v) is 1.63. The number of unbranched alkanes of at least 4 members (excludes halogenated alkanes) is 4. The van der Waals surface area contributed by atoms with Crippen LogP contribution in [-0.2, 0) is 0 Å². The third-order valence-corrected chi connectivity index (χ3v) is 3.11. The molecule has 1 unspecified atom stereocenters. The molecule has 0 aromatic carbocycles. The van der Waals surface area contributed by atoms with Gasteiger partial charge in [0.25, 0.3) is 0 Å². The van der Waals surface area contributed by atoms with E-state index in [0.29, 0.717) is 5.25 Å². The molecular weight excluding hydrogens is 184 g/mol. The summed E-state index contributed by atoms with van der Waals surface area (Å²) in [5, 5.41) is 0.634. The maximum Gasteiger partial charge on any atom is 0.00141 e. The summed E-state index contributed by atoms with van der Waals surface area (Å²) in [6.07, 6.45) is 9.25. The van der Waals surface area contributed by atoms with Crippen LogP contribution in [0.25, 0.3) is 0 Å². The lowest BCUT2D eigenvalue weighted by Crippen LogP contribution is -1.95. The van der Waals surface area contributed by atoms with Gasteiger partial charge in [-0.1, -0.05) is 32.6 Å². The smallest absolute Gasteiger partial charge is 0.00141 e. The van der Waals surface area contributed by atoms with Crippen LogP contribution in [0.3, 0.4) is 0 Å². The molecule has 1 atom stereocenters. The molecule has 2 heteroatoms. The van der Waals surface area contributed by atoms with Gasteiger partial charge in [0.05, 0.1) is 0 Å². The Morgan fingerprint density at radius 1 is 1.00 bits per heavy atom. The van der Waals surface area contributed by atoms with E-state index in [1.54, 1.807) is 0 Å². The maximum atomic E-state index is 4.46. The van der Waals surface area contributed by atoms with Crippen LogP contribution in [-0.4, -0.2) is 11.0 Å². The number of hydrogen-bond acceptors (Lipinski definition) is 2. The molecule has 0 aromatic heterocycles. The van der Waals surface area contributed by atoms with Crippen molar-refractivity contribution in [3.05, 3.63) is 0 Å². The molecule has 0 N–H and O–H groups in total. The number of hydrogen-bond donors (Lipinski definition) is 2. The first kappa shape index (κ1) is 12.7. The second kappa shape index (κ2) is 9.79. The maximum absolute atomic E-state index is 4.46. The Bertz CT molecular complexity index is 83.9. The Morgan fingerprint density at radius 2 is 1.58 bits per heavy atom. The first-order chi connectivity index (χ1) is 5.81. The predicted molar refractivity (Wildman–Crippen MR) is 64.6 cm³/mol. The molecule has 74 valence electrons. The first-order valence-electron chi connectivity index (χ1n) is 5.10. The van der Waals surface area contributed by atoms with E-state index in [2.05, 4.69) is 32.2 Å². The predicted octanol–water partition coefficient (Wildman–Crippen LogP) is 3.97. The topological polar surface area (TPSA) is 0 Å².